The number of rotatable bonds is 2. The summed E-state index contributed by atoms with van der Waals surface area (Å²) in [5.41, 5.74) is 4.03. The Bertz CT molecular complexity index is 527. The zero-order valence-corrected chi connectivity index (χ0v) is 12.3. The quantitative estimate of drug-likeness (QED) is 0.797. The first kappa shape index (κ1) is 12.6. The molecule has 0 fully saturated rings. The van der Waals surface area contributed by atoms with E-state index in [1.54, 1.807) is 0 Å². The molecule has 0 radical (unpaired) electrons. The first-order valence-corrected chi connectivity index (χ1v) is 7.67. The van der Waals surface area contributed by atoms with Crippen molar-refractivity contribution < 1.29 is 0 Å². The second-order valence-corrected chi connectivity index (χ2v) is 5.34. The minimum absolute atomic E-state index is 0.804. The SMILES string of the molecule is BrCc1cnc(N2CCc3ccccc3CC2)nc1. The van der Waals surface area contributed by atoms with Crippen molar-refractivity contribution in [2.24, 2.45) is 0 Å². The van der Waals surface area contributed by atoms with E-state index in [-0.39, 0.29) is 0 Å². The summed E-state index contributed by atoms with van der Waals surface area (Å²) in [6, 6.07) is 8.70. The van der Waals surface area contributed by atoms with Crippen molar-refractivity contribution in [3.8, 4) is 0 Å². The van der Waals surface area contributed by atoms with Gasteiger partial charge in [-0.1, -0.05) is 40.2 Å². The fraction of sp³-hybridized carbons (Fsp3) is 0.333. The highest BCUT2D eigenvalue weighted by Crippen LogP contribution is 2.18. The number of aromatic nitrogens is 2. The molecule has 0 aliphatic carbocycles. The number of fused-ring (bicyclic) bond motifs is 1. The summed E-state index contributed by atoms with van der Waals surface area (Å²) in [5, 5.41) is 0.804. The van der Waals surface area contributed by atoms with E-state index in [1.807, 2.05) is 12.4 Å². The number of halogens is 1. The monoisotopic (exact) mass is 317 g/mol. The molecule has 0 bridgehead atoms. The number of hydrogen-bond donors (Lipinski definition) is 0. The zero-order chi connectivity index (χ0) is 13.1. The molecule has 1 aromatic heterocycles. The average Bonchev–Trinajstić information content (AvgIpc) is 2.70. The van der Waals surface area contributed by atoms with Crippen LogP contribution in [0.1, 0.15) is 16.7 Å². The molecule has 0 saturated carbocycles. The molecular formula is C15H16BrN3. The third-order valence-corrected chi connectivity index (χ3v) is 4.20. The third-order valence-electron chi connectivity index (χ3n) is 3.55. The van der Waals surface area contributed by atoms with Gasteiger partial charge in [0.25, 0.3) is 0 Å². The number of anilines is 1. The largest absolute Gasteiger partial charge is 0.340 e. The smallest absolute Gasteiger partial charge is 0.225 e. The number of nitrogens with zero attached hydrogens (tertiary/aromatic N) is 3. The van der Waals surface area contributed by atoms with Crippen LogP contribution >= 0.6 is 15.9 Å². The second-order valence-electron chi connectivity index (χ2n) is 4.78. The van der Waals surface area contributed by atoms with E-state index in [2.05, 4.69) is 55.1 Å². The predicted molar refractivity (Wildman–Crippen MR) is 80.7 cm³/mol. The van der Waals surface area contributed by atoms with E-state index in [9.17, 15) is 0 Å². The van der Waals surface area contributed by atoms with Crippen molar-refractivity contribution in [3.05, 3.63) is 53.3 Å². The Balaban J connectivity index is 1.77. The predicted octanol–water partition coefficient (Wildman–Crippen LogP) is 2.98. The molecule has 1 aromatic carbocycles. The molecule has 98 valence electrons. The molecule has 0 atom stereocenters. The van der Waals surface area contributed by atoms with Crippen LogP contribution in [0.5, 0.6) is 0 Å². The maximum absolute atomic E-state index is 4.46. The maximum atomic E-state index is 4.46. The fourth-order valence-corrected chi connectivity index (χ4v) is 2.74. The Labute approximate surface area is 121 Å². The zero-order valence-electron chi connectivity index (χ0n) is 10.7. The van der Waals surface area contributed by atoms with Gasteiger partial charge < -0.3 is 4.90 Å². The van der Waals surface area contributed by atoms with Crippen LogP contribution in [0.3, 0.4) is 0 Å². The van der Waals surface area contributed by atoms with Crippen molar-refractivity contribution >= 4 is 21.9 Å². The van der Waals surface area contributed by atoms with Gasteiger partial charge >= 0.3 is 0 Å². The Kier molecular flexibility index (Phi) is 3.78. The van der Waals surface area contributed by atoms with E-state index in [4.69, 9.17) is 0 Å². The number of hydrogen-bond acceptors (Lipinski definition) is 3. The second kappa shape index (κ2) is 5.70. The van der Waals surface area contributed by atoms with Crippen LogP contribution in [0.15, 0.2) is 36.7 Å². The standard InChI is InChI=1S/C15H16BrN3/c16-9-12-10-17-15(18-11-12)19-7-5-13-3-1-2-4-14(13)6-8-19/h1-4,10-11H,5-9H2. The first-order chi connectivity index (χ1) is 9.36. The lowest BCUT2D eigenvalue weighted by atomic mass is 10.0. The summed E-state index contributed by atoms with van der Waals surface area (Å²) in [5.74, 6) is 0.845. The van der Waals surface area contributed by atoms with Gasteiger partial charge in [0.2, 0.25) is 5.95 Å². The molecular weight excluding hydrogens is 302 g/mol. The van der Waals surface area contributed by atoms with Gasteiger partial charge in [0.05, 0.1) is 0 Å². The van der Waals surface area contributed by atoms with Crippen LogP contribution in [0.25, 0.3) is 0 Å². The van der Waals surface area contributed by atoms with Crippen molar-refractivity contribution in [1.82, 2.24) is 9.97 Å². The highest BCUT2D eigenvalue weighted by atomic mass is 79.9. The summed E-state index contributed by atoms with van der Waals surface area (Å²) in [4.78, 5) is 11.2. The molecule has 3 rings (SSSR count). The summed E-state index contributed by atoms with van der Waals surface area (Å²) in [7, 11) is 0. The number of benzene rings is 1. The topological polar surface area (TPSA) is 29.0 Å². The van der Waals surface area contributed by atoms with E-state index in [1.165, 1.54) is 11.1 Å². The van der Waals surface area contributed by atoms with Crippen molar-refractivity contribution in [1.29, 1.82) is 0 Å². The van der Waals surface area contributed by atoms with Crippen LogP contribution in [0, 0.1) is 0 Å². The van der Waals surface area contributed by atoms with Crippen LogP contribution in [0.4, 0.5) is 5.95 Å². The minimum Gasteiger partial charge on any atom is -0.340 e. The van der Waals surface area contributed by atoms with Crippen LogP contribution in [-0.4, -0.2) is 23.1 Å². The Hall–Kier alpha value is -1.42. The van der Waals surface area contributed by atoms with E-state index >= 15 is 0 Å². The molecule has 0 amide bonds. The third kappa shape index (κ3) is 2.78. The highest BCUT2D eigenvalue weighted by molar-refractivity contribution is 9.08. The first-order valence-electron chi connectivity index (χ1n) is 6.55. The normalized spacial score (nSPS) is 14.9. The van der Waals surface area contributed by atoms with E-state index in [0.29, 0.717) is 0 Å². The highest BCUT2D eigenvalue weighted by Gasteiger charge is 2.15. The lowest BCUT2D eigenvalue weighted by Gasteiger charge is -2.19. The van der Waals surface area contributed by atoms with Gasteiger partial charge in [-0.05, 0) is 29.5 Å². The lowest BCUT2D eigenvalue weighted by Crippen LogP contribution is -2.27. The average molecular weight is 318 g/mol. The Morgan fingerprint density at radius 2 is 1.58 bits per heavy atom. The Morgan fingerprint density at radius 3 is 2.11 bits per heavy atom. The molecule has 2 aromatic rings. The van der Waals surface area contributed by atoms with E-state index < -0.39 is 0 Å². The van der Waals surface area contributed by atoms with Crippen molar-refractivity contribution in [2.75, 3.05) is 18.0 Å². The van der Waals surface area contributed by atoms with Gasteiger partial charge in [-0.25, -0.2) is 9.97 Å². The molecule has 1 aliphatic rings. The van der Waals surface area contributed by atoms with Crippen LogP contribution in [-0.2, 0) is 18.2 Å². The number of alkyl halides is 1. The summed E-state index contributed by atoms with van der Waals surface area (Å²) in [6.07, 6.45) is 5.93. The molecule has 19 heavy (non-hydrogen) atoms. The van der Waals surface area contributed by atoms with Crippen LogP contribution < -0.4 is 4.90 Å². The minimum atomic E-state index is 0.804. The molecule has 0 spiro atoms. The van der Waals surface area contributed by atoms with Gasteiger partial charge in [-0.15, -0.1) is 0 Å². The van der Waals surface area contributed by atoms with Gasteiger partial charge in [-0.3, -0.25) is 0 Å². The van der Waals surface area contributed by atoms with Crippen LogP contribution in [0.2, 0.25) is 0 Å². The summed E-state index contributed by atoms with van der Waals surface area (Å²) < 4.78 is 0. The maximum Gasteiger partial charge on any atom is 0.225 e. The fourth-order valence-electron chi connectivity index (χ4n) is 2.45. The van der Waals surface area contributed by atoms with Gasteiger partial charge in [0.15, 0.2) is 0 Å². The van der Waals surface area contributed by atoms with Gasteiger partial charge in [-0.2, -0.15) is 0 Å². The molecule has 4 heteroatoms. The summed E-state index contributed by atoms with van der Waals surface area (Å²) in [6.45, 7) is 1.98. The van der Waals surface area contributed by atoms with E-state index in [0.717, 1.165) is 42.8 Å². The lowest BCUT2D eigenvalue weighted by molar-refractivity contribution is 0.771. The molecule has 3 nitrogen and oxygen atoms in total. The molecule has 0 saturated heterocycles. The Morgan fingerprint density at radius 1 is 1.00 bits per heavy atom. The molecule has 1 aliphatic heterocycles. The van der Waals surface area contributed by atoms with Crippen molar-refractivity contribution in [2.45, 2.75) is 18.2 Å². The molecule has 0 unspecified atom stereocenters. The molecule has 2 heterocycles. The van der Waals surface area contributed by atoms with Crippen molar-refractivity contribution in [3.63, 3.8) is 0 Å². The van der Waals surface area contributed by atoms with Gasteiger partial charge in [0.1, 0.15) is 0 Å². The van der Waals surface area contributed by atoms with Gasteiger partial charge in [0, 0.05) is 30.8 Å². The summed E-state index contributed by atoms with van der Waals surface area (Å²) >= 11 is 3.42. The molecule has 0 N–H and O–H groups in total.